The Morgan fingerprint density at radius 2 is 2.25 bits per heavy atom. The van der Waals surface area contributed by atoms with Gasteiger partial charge in [0.15, 0.2) is 0 Å². The van der Waals surface area contributed by atoms with E-state index in [1.54, 1.807) is 13.0 Å². The molecule has 1 aromatic heterocycles. The van der Waals surface area contributed by atoms with Crippen LogP contribution in [0.1, 0.15) is 11.3 Å². The van der Waals surface area contributed by atoms with Crippen LogP contribution in [0.5, 0.6) is 0 Å². The predicted octanol–water partition coefficient (Wildman–Crippen LogP) is 0.614. The average Bonchev–Trinajstić information content (AvgIpc) is 2.02. The largest absolute Gasteiger partial charge is 0.285 e. The summed E-state index contributed by atoms with van der Waals surface area (Å²) in [5.41, 5.74) is -0.0323. The fraction of sp³-hybridized carbons (Fsp3) is 0.286. The second kappa shape index (κ2) is 2.95. The second-order valence-corrected chi connectivity index (χ2v) is 2.69. The lowest BCUT2D eigenvalue weighted by molar-refractivity contribution is 0.690. The Kier molecular flexibility index (Phi) is 2.15. The summed E-state index contributed by atoms with van der Waals surface area (Å²) >= 11 is 5.67. The Morgan fingerprint density at radius 3 is 2.75 bits per heavy atom. The van der Waals surface area contributed by atoms with Gasteiger partial charge in [-0.15, -0.1) is 0 Å². The van der Waals surface area contributed by atoms with Crippen LogP contribution in [0.15, 0.2) is 4.79 Å². The van der Waals surface area contributed by atoms with Crippen LogP contribution >= 0.6 is 11.6 Å². The van der Waals surface area contributed by atoms with Crippen LogP contribution in [-0.4, -0.2) is 9.78 Å². The van der Waals surface area contributed by atoms with Crippen molar-refractivity contribution in [1.82, 2.24) is 9.78 Å². The number of aromatic nitrogens is 2. The van der Waals surface area contributed by atoms with E-state index in [1.807, 2.05) is 0 Å². The number of nitrogens with zero attached hydrogens (tertiary/aromatic N) is 3. The zero-order valence-electron chi connectivity index (χ0n) is 6.63. The van der Waals surface area contributed by atoms with E-state index in [-0.39, 0.29) is 10.6 Å². The minimum atomic E-state index is -0.465. The number of aryl methyl sites for hydroxylation is 2. The quantitative estimate of drug-likeness (QED) is 0.592. The Morgan fingerprint density at radius 1 is 1.67 bits per heavy atom. The Balaban J connectivity index is 3.68. The number of hydrogen-bond donors (Lipinski definition) is 0. The van der Waals surface area contributed by atoms with Gasteiger partial charge in [-0.2, -0.15) is 10.4 Å². The molecular weight excluding hydrogens is 178 g/mol. The van der Waals surface area contributed by atoms with Gasteiger partial charge >= 0.3 is 0 Å². The maximum absolute atomic E-state index is 11.2. The Hall–Kier alpha value is -1.34. The van der Waals surface area contributed by atoms with E-state index in [4.69, 9.17) is 16.9 Å². The van der Waals surface area contributed by atoms with Gasteiger partial charge in [-0.05, 0) is 6.92 Å². The normalized spacial score (nSPS) is 9.50. The van der Waals surface area contributed by atoms with Crippen molar-refractivity contribution in [2.24, 2.45) is 7.05 Å². The van der Waals surface area contributed by atoms with Crippen LogP contribution in [0.25, 0.3) is 0 Å². The average molecular weight is 184 g/mol. The van der Waals surface area contributed by atoms with Crippen molar-refractivity contribution in [3.63, 3.8) is 0 Å². The fourth-order valence-corrected chi connectivity index (χ4v) is 1.01. The van der Waals surface area contributed by atoms with E-state index in [9.17, 15) is 4.79 Å². The molecule has 0 aliphatic rings. The van der Waals surface area contributed by atoms with Gasteiger partial charge in [-0.1, -0.05) is 11.6 Å². The topological polar surface area (TPSA) is 58.7 Å². The van der Waals surface area contributed by atoms with Crippen molar-refractivity contribution in [2.45, 2.75) is 6.92 Å². The zero-order chi connectivity index (χ0) is 9.30. The van der Waals surface area contributed by atoms with Crippen molar-refractivity contribution in [3.8, 4) is 6.07 Å². The van der Waals surface area contributed by atoms with E-state index >= 15 is 0 Å². The van der Waals surface area contributed by atoms with Crippen LogP contribution in [0.2, 0.25) is 5.02 Å². The van der Waals surface area contributed by atoms with Crippen molar-refractivity contribution in [3.05, 3.63) is 26.6 Å². The summed E-state index contributed by atoms with van der Waals surface area (Å²) in [6, 6.07) is 1.74. The van der Waals surface area contributed by atoms with Crippen molar-refractivity contribution >= 4 is 11.6 Å². The third-order valence-electron chi connectivity index (χ3n) is 1.46. The molecule has 0 aromatic carbocycles. The first-order chi connectivity index (χ1) is 5.57. The molecule has 0 radical (unpaired) electrons. The molecule has 1 rings (SSSR count). The molecule has 0 unspecified atom stereocenters. The maximum atomic E-state index is 11.2. The lowest BCUT2D eigenvalue weighted by Gasteiger charge is -2.01. The summed E-state index contributed by atoms with van der Waals surface area (Å²) in [6.45, 7) is 1.64. The molecule has 0 aliphatic heterocycles. The van der Waals surface area contributed by atoms with Crippen LogP contribution in [-0.2, 0) is 7.05 Å². The number of halogens is 1. The van der Waals surface area contributed by atoms with Gasteiger partial charge in [0, 0.05) is 7.05 Å². The summed E-state index contributed by atoms with van der Waals surface area (Å²) < 4.78 is 1.10. The van der Waals surface area contributed by atoms with Gasteiger partial charge in [0.1, 0.15) is 11.6 Å². The first kappa shape index (κ1) is 8.75. The monoisotopic (exact) mass is 183 g/mol. The predicted molar refractivity (Wildman–Crippen MR) is 43.9 cm³/mol. The van der Waals surface area contributed by atoms with Gasteiger partial charge < -0.3 is 0 Å². The summed E-state index contributed by atoms with van der Waals surface area (Å²) in [7, 11) is 1.48. The number of hydrogen-bond acceptors (Lipinski definition) is 3. The minimum Gasteiger partial charge on any atom is -0.266 e. The molecule has 62 valence electrons. The molecule has 0 saturated heterocycles. The first-order valence-corrected chi connectivity index (χ1v) is 3.59. The van der Waals surface area contributed by atoms with Crippen LogP contribution < -0.4 is 5.56 Å². The van der Waals surface area contributed by atoms with Gasteiger partial charge in [0.2, 0.25) is 0 Å². The minimum absolute atomic E-state index is 0.0494. The van der Waals surface area contributed by atoms with Gasteiger partial charge in [0.25, 0.3) is 5.56 Å². The summed E-state index contributed by atoms with van der Waals surface area (Å²) in [5.74, 6) is 0. The van der Waals surface area contributed by atoms with E-state index in [2.05, 4.69) is 5.10 Å². The lowest BCUT2D eigenvalue weighted by Crippen LogP contribution is -2.23. The lowest BCUT2D eigenvalue weighted by atomic mass is 10.3. The third-order valence-corrected chi connectivity index (χ3v) is 1.92. The van der Waals surface area contributed by atoms with Gasteiger partial charge in [0.05, 0.1) is 10.7 Å². The molecule has 0 bridgehead atoms. The highest BCUT2D eigenvalue weighted by atomic mass is 35.5. The molecule has 0 amide bonds. The summed E-state index contributed by atoms with van der Waals surface area (Å²) in [6.07, 6.45) is 0. The smallest absolute Gasteiger partial charge is 0.266 e. The third kappa shape index (κ3) is 1.19. The van der Waals surface area contributed by atoms with Crippen molar-refractivity contribution in [1.29, 1.82) is 5.26 Å². The molecular formula is C7H6ClN3O. The highest BCUT2D eigenvalue weighted by molar-refractivity contribution is 6.32. The standard InChI is InChI=1S/C7H6ClN3O/c1-4-6(8)5(3-9)7(12)11(2)10-4/h1-2H3. The first-order valence-electron chi connectivity index (χ1n) is 3.21. The molecule has 5 heteroatoms. The molecule has 12 heavy (non-hydrogen) atoms. The fourth-order valence-electron chi connectivity index (χ4n) is 0.848. The van der Waals surface area contributed by atoms with E-state index in [1.165, 1.54) is 7.05 Å². The summed E-state index contributed by atoms with van der Waals surface area (Å²) in [4.78, 5) is 11.2. The van der Waals surface area contributed by atoms with Crippen molar-refractivity contribution < 1.29 is 0 Å². The van der Waals surface area contributed by atoms with E-state index < -0.39 is 5.56 Å². The van der Waals surface area contributed by atoms with Gasteiger partial charge in [-0.25, -0.2) is 4.68 Å². The van der Waals surface area contributed by atoms with Crippen molar-refractivity contribution in [2.75, 3.05) is 0 Å². The second-order valence-electron chi connectivity index (χ2n) is 2.31. The highest BCUT2D eigenvalue weighted by Crippen LogP contribution is 2.13. The molecule has 0 atom stereocenters. The molecule has 0 fully saturated rings. The Labute approximate surface area is 74.0 Å². The molecule has 0 spiro atoms. The molecule has 1 aromatic rings. The van der Waals surface area contributed by atoms with E-state index in [0.717, 1.165) is 4.68 Å². The number of rotatable bonds is 0. The zero-order valence-corrected chi connectivity index (χ0v) is 7.38. The summed E-state index contributed by atoms with van der Waals surface area (Å²) in [5, 5.41) is 12.5. The molecule has 0 N–H and O–H groups in total. The molecule has 1 heterocycles. The maximum Gasteiger partial charge on any atom is 0.285 e. The highest BCUT2D eigenvalue weighted by Gasteiger charge is 2.10. The Bertz CT molecular complexity index is 416. The molecule has 0 aliphatic carbocycles. The number of nitriles is 1. The van der Waals surface area contributed by atoms with Crippen LogP contribution in [0, 0.1) is 18.3 Å². The van der Waals surface area contributed by atoms with Gasteiger partial charge in [-0.3, -0.25) is 4.79 Å². The van der Waals surface area contributed by atoms with E-state index in [0.29, 0.717) is 5.69 Å². The van der Waals surface area contributed by atoms with Crippen LogP contribution in [0.4, 0.5) is 0 Å². The molecule has 4 nitrogen and oxygen atoms in total. The van der Waals surface area contributed by atoms with Crippen LogP contribution in [0.3, 0.4) is 0 Å². The SMILES string of the molecule is Cc1nn(C)c(=O)c(C#N)c1Cl. The molecule has 0 saturated carbocycles.